The Bertz CT molecular complexity index is 210. The Kier molecular flexibility index (Phi) is 5.81. The Labute approximate surface area is 98.6 Å². The SMILES string of the molecule is CCCNC(CC(=O)O)C1CCC(C)CC1. The van der Waals surface area contributed by atoms with E-state index in [9.17, 15) is 4.79 Å². The zero-order valence-corrected chi connectivity index (χ0v) is 10.5. The molecule has 94 valence electrons. The van der Waals surface area contributed by atoms with Gasteiger partial charge in [-0.05, 0) is 37.6 Å². The third kappa shape index (κ3) is 4.52. The minimum atomic E-state index is -0.674. The van der Waals surface area contributed by atoms with E-state index < -0.39 is 5.97 Å². The maximum atomic E-state index is 10.8. The monoisotopic (exact) mass is 227 g/mol. The van der Waals surface area contributed by atoms with Crippen molar-refractivity contribution in [2.45, 2.75) is 58.4 Å². The second-order valence-electron chi connectivity index (χ2n) is 5.18. The molecule has 3 nitrogen and oxygen atoms in total. The molecular formula is C13H25NO2. The normalized spacial score (nSPS) is 27.6. The number of carboxylic acids is 1. The molecule has 16 heavy (non-hydrogen) atoms. The van der Waals surface area contributed by atoms with Gasteiger partial charge in [0.15, 0.2) is 0 Å². The van der Waals surface area contributed by atoms with Gasteiger partial charge in [-0.1, -0.05) is 26.7 Å². The zero-order valence-electron chi connectivity index (χ0n) is 10.5. The summed E-state index contributed by atoms with van der Waals surface area (Å²) in [5.41, 5.74) is 0. The van der Waals surface area contributed by atoms with E-state index in [2.05, 4.69) is 19.2 Å². The van der Waals surface area contributed by atoms with E-state index in [-0.39, 0.29) is 12.5 Å². The summed E-state index contributed by atoms with van der Waals surface area (Å²) in [5, 5.41) is 12.3. The molecule has 1 rings (SSSR count). The highest BCUT2D eigenvalue weighted by Crippen LogP contribution is 2.31. The lowest BCUT2D eigenvalue weighted by atomic mass is 9.78. The van der Waals surface area contributed by atoms with Crippen molar-refractivity contribution >= 4 is 5.97 Å². The summed E-state index contributed by atoms with van der Waals surface area (Å²) in [6, 6.07) is 0.185. The van der Waals surface area contributed by atoms with Crippen molar-refractivity contribution in [3.05, 3.63) is 0 Å². The molecule has 0 saturated heterocycles. The average molecular weight is 227 g/mol. The molecule has 1 unspecified atom stereocenters. The summed E-state index contributed by atoms with van der Waals surface area (Å²) < 4.78 is 0. The van der Waals surface area contributed by atoms with Gasteiger partial charge in [-0.15, -0.1) is 0 Å². The number of aliphatic carboxylic acids is 1. The predicted octanol–water partition coefficient (Wildman–Crippen LogP) is 2.66. The molecule has 0 aliphatic heterocycles. The standard InChI is InChI=1S/C13H25NO2/c1-3-8-14-12(9-13(15)16)11-6-4-10(2)5-7-11/h10-12,14H,3-9H2,1-2H3,(H,15,16). The maximum Gasteiger partial charge on any atom is 0.304 e. The van der Waals surface area contributed by atoms with Gasteiger partial charge in [-0.2, -0.15) is 0 Å². The van der Waals surface area contributed by atoms with Gasteiger partial charge in [-0.25, -0.2) is 0 Å². The maximum absolute atomic E-state index is 10.8. The number of nitrogens with one attached hydrogen (secondary N) is 1. The highest BCUT2D eigenvalue weighted by molar-refractivity contribution is 5.67. The first-order valence-corrected chi connectivity index (χ1v) is 6.58. The number of hydrogen-bond acceptors (Lipinski definition) is 2. The van der Waals surface area contributed by atoms with Crippen molar-refractivity contribution in [1.82, 2.24) is 5.32 Å². The third-order valence-corrected chi connectivity index (χ3v) is 3.68. The Morgan fingerprint density at radius 2 is 2.00 bits per heavy atom. The second-order valence-corrected chi connectivity index (χ2v) is 5.18. The first kappa shape index (κ1) is 13.5. The lowest BCUT2D eigenvalue weighted by Gasteiger charge is -2.32. The van der Waals surface area contributed by atoms with E-state index in [4.69, 9.17) is 5.11 Å². The predicted molar refractivity (Wildman–Crippen MR) is 65.5 cm³/mol. The second kappa shape index (κ2) is 6.89. The fraction of sp³-hybridized carbons (Fsp3) is 0.923. The summed E-state index contributed by atoms with van der Waals surface area (Å²) >= 11 is 0. The molecule has 1 aliphatic carbocycles. The fourth-order valence-corrected chi connectivity index (χ4v) is 2.61. The molecule has 3 heteroatoms. The molecule has 0 radical (unpaired) electrons. The number of hydrogen-bond donors (Lipinski definition) is 2. The number of carbonyl (C=O) groups is 1. The molecule has 1 aliphatic rings. The zero-order chi connectivity index (χ0) is 12.0. The van der Waals surface area contributed by atoms with Gasteiger partial charge < -0.3 is 10.4 Å². The third-order valence-electron chi connectivity index (χ3n) is 3.68. The minimum absolute atomic E-state index is 0.185. The van der Waals surface area contributed by atoms with Crippen LogP contribution in [0.25, 0.3) is 0 Å². The molecule has 0 aromatic heterocycles. The van der Waals surface area contributed by atoms with Crippen LogP contribution < -0.4 is 5.32 Å². The van der Waals surface area contributed by atoms with E-state index in [0.717, 1.165) is 18.9 Å². The molecule has 1 saturated carbocycles. The summed E-state index contributed by atoms with van der Waals surface area (Å²) in [6.45, 7) is 5.35. The van der Waals surface area contributed by atoms with E-state index in [1.165, 1.54) is 25.7 Å². The summed E-state index contributed by atoms with van der Waals surface area (Å²) in [5.74, 6) is 0.721. The summed E-state index contributed by atoms with van der Waals surface area (Å²) in [4.78, 5) is 10.8. The van der Waals surface area contributed by atoms with Gasteiger partial charge in [0, 0.05) is 6.04 Å². The van der Waals surface area contributed by atoms with Crippen LogP contribution in [0.4, 0.5) is 0 Å². The Balaban J connectivity index is 2.43. The quantitative estimate of drug-likeness (QED) is 0.733. The van der Waals surface area contributed by atoms with Crippen LogP contribution in [0.2, 0.25) is 0 Å². The van der Waals surface area contributed by atoms with Crippen molar-refractivity contribution in [1.29, 1.82) is 0 Å². The van der Waals surface area contributed by atoms with Crippen LogP contribution in [0.1, 0.15) is 52.4 Å². The van der Waals surface area contributed by atoms with Gasteiger partial charge in [0.1, 0.15) is 0 Å². The fourth-order valence-electron chi connectivity index (χ4n) is 2.61. The summed E-state index contributed by atoms with van der Waals surface area (Å²) in [7, 11) is 0. The van der Waals surface area contributed by atoms with E-state index in [0.29, 0.717) is 5.92 Å². The topological polar surface area (TPSA) is 49.3 Å². The summed E-state index contributed by atoms with van der Waals surface area (Å²) in [6.07, 6.45) is 6.24. The lowest BCUT2D eigenvalue weighted by Crippen LogP contribution is -2.40. The first-order valence-electron chi connectivity index (χ1n) is 6.58. The van der Waals surface area contributed by atoms with Gasteiger partial charge in [0.25, 0.3) is 0 Å². The Morgan fingerprint density at radius 1 is 1.38 bits per heavy atom. The molecule has 0 aromatic rings. The van der Waals surface area contributed by atoms with Crippen LogP contribution in [-0.2, 0) is 4.79 Å². The van der Waals surface area contributed by atoms with Crippen molar-refractivity contribution < 1.29 is 9.90 Å². The average Bonchev–Trinajstić information content (AvgIpc) is 2.25. The van der Waals surface area contributed by atoms with Gasteiger partial charge >= 0.3 is 5.97 Å². The largest absolute Gasteiger partial charge is 0.481 e. The van der Waals surface area contributed by atoms with E-state index in [1.54, 1.807) is 0 Å². The van der Waals surface area contributed by atoms with Crippen LogP contribution >= 0.6 is 0 Å². The molecule has 0 bridgehead atoms. The smallest absolute Gasteiger partial charge is 0.304 e. The molecule has 1 atom stereocenters. The van der Waals surface area contributed by atoms with Gasteiger partial charge in [-0.3, -0.25) is 4.79 Å². The van der Waals surface area contributed by atoms with Crippen molar-refractivity contribution in [2.75, 3.05) is 6.54 Å². The highest BCUT2D eigenvalue weighted by atomic mass is 16.4. The lowest BCUT2D eigenvalue weighted by molar-refractivity contribution is -0.138. The number of rotatable bonds is 6. The van der Waals surface area contributed by atoms with E-state index >= 15 is 0 Å². The van der Waals surface area contributed by atoms with Crippen molar-refractivity contribution in [3.63, 3.8) is 0 Å². The first-order chi connectivity index (χ1) is 7.63. The highest BCUT2D eigenvalue weighted by Gasteiger charge is 2.27. The molecule has 0 amide bonds. The van der Waals surface area contributed by atoms with Gasteiger partial charge in [0.05, 0.1) is 6.42 Å². The van der Waals surface area contributed by atoms with Crippen molar-refractivity contribution in [2.24, 2.45) is 11.8 Å². The van der Waals surface area contributed by atoms with Crippen LogP contribution in [0.3, 0.4) is 0 Å². The Hall–Kier alpha value is -0.570. The van der Waals surface area contributed by atoms with Crippen LogP contribution in [0.15, 0.2) is 0 Å². The molecule has 2 N–H and O–H groups in total. The minimum Gasteiger partial charge on any atom is -0.481 e. The molecule has 1 fully saturated rings. The van der Waals surface area contributed by atoms with Crippen molar-refractivity contribution in [3.8, 4) is 0 Å². The molecular weight excluding hydrogens is 202 g/mol. The van der Waals surface area contributed by atoms with Crippen LogP contribution in [0, 0.1) is 11.8 Å². The molecule has 0 aromatic carbocycles. The molecule has 0 heterocycles. The van der Waals surface area contributed by atoms with E-state index in [1.807, 2.05) is 0 Å². The molecule has 0 spiro atoms. The number of carboxylic acid groups (broad SMARTS) is 1. The van der Waals surface area contributed by atoms with Crippen LogP contribution in [0.5, 0.6) is 0 Å². The van der Waals surface area contributed by atoms with Gasteiger partial charge in [0.2, 0.25) is 0 Å². The van der Waals surface area contributed by atoms with Crippen LogP contribution in [-0.4, -0.2) is 23.7 Å². The Morgan fingerprint density at radius 3 is 2.50 bits per heavy atom.